The predicted octanol–water partition coefficient (Wildman–Crippen LogP) is 2.84. The smallest absolute Gasteiger partial charge is 0.225 e. The molecule has 1 aromatic rings. The van der Waals surface area contributed by atoms with Gasteiger partial charge in [-0.05, 0) is 38.2 Å². The highest BCUT2D eigenvalue weighted by atomic mass is 127. The number of nitrogens with one attached hydrogen (secondary N) is 2. The summed E-state index contributed by atoms with van der Waals surface area (Å²) in [4.78, 5) is 21.8. The highest BCUT2D eigenvalue weighted by Gasteiger charge is 2.44. The van der Waals surface area contributed by atoms with Gasteiger partial charge in [0.1, 0.15) is 0 Å². The molecule has 1 aromatic carbocycles. The van der Waals surface area contributed by atoms with Gasteiger partial charge in [0.05, 0.1) is 6.54 Å². The maximum absolute atomic E-state index is 12.4. The van der Waals surface area contributed by atoms with Crippen LogP contribution >= 0.6 is 24.0 Å². The third kappa shape index (κ3) is 6.34. The molecule has 4 rings (SSSR count). The van der Waals surface area contributed by atoms with E-state index in [1.54, 1.807) is 0 Å². The first-order valence-corrected chi connectivity index (χ1v) is 11.8. The molecule has 2 aliphatic carbocycles. The van der Waals surface area contributed by atoms with Crippen molar-refractivity contribution < 1.29 is 4.79 Å². The number of hydrogen-bond acceptors (Lipinski definition) is 3. The molecule has 1 saturated heterocycles. The van der Waals surface area contributed by atoms with Gasteiger partial charge in [-0.25, -0.2) is 0 Å². The second-order valence-corrected chi connectivity index (χ2v) is 9.06. The minimum atomic E-state index is 0. The second kappa shape index (κ2) is 11.5. The molecule has 31 heavy (non-hydrogen) atoms. The molecule has 0 unspecified atom stereocenters. The zero-order valence-electron chi connectivity index (χ0n) is 18.8. The molecule has 3 aliphatic rings. The molecule has 2 N–H and O–H groups in total. The average molecular weight is 540 g/mol. The van der Waals surface area contributed by atoms with Gasteiger partial charge in [-0.1, -0.05) is 36.8 Å². The lowest BCUT2D eigenvalue weighted by Gasteiger charge is -2.38. The van der Waals surface area contributed by atoms with Crippen LogP contribution in [-0.2, 0) is 10.2 Å². The van der Waals surface area contributed by atoms with Crippen LogP contribution in [0.25, 0.3) is 0 Å². The van der Waals surface area contributed by atoms with Crippen LogP contribution in [0.15, 0.2) is 35.3 Å². The lowest BCUT2D eigenvalue weighted by molar-refractivity contribution is -0.139. The highest BCUT2D eigenvalue weighted by Crippen LogP contribution is 2.48. The van der Waals surface area contributed by atoms with E-state index in [2.05, 4.69) is 57.7 Å². The fourth-order valence-electron chi connectivity index (χ4n) is 4.49. The number of benzene rings is 1. The maximum atomic E-state index is 12.4. The van der Waals surface area contributed by atoms with Gasteiger partial charge in [0, 0.05) is 57.1 Å². The van der Waals surface area contributed by atoms with Crippen molar-refractivity contribution in [3.63, 3.8) is 0 Å². The zero-order valence-corrected chi connectivity index (χ0v) is 21.1. The van der Waals surface area contributed by atoms with E-state index >= 15 is 0 Å². The van der Waals surface area contributed by atoms with Crippen molar-refractivity contribution in [2.75, 3.05) is 52.4 Å². The molecule has 3 fully saturated rings. The molecule has 6 nitrogen and oxygen atoms in total. The molecule has 0 aromatic heterocycles. The van der Waals surface area contributed by atoms with Crippen molar-refractivity contribution in [3.8, 4) is 0 Å². The van der Waals surface area contributed by atoms with Crippen molar-refractivity contribution in [2.24, 2.45) is 10.9 Å². The Morgan fingerprint density at radius 3 is 2.39 bits per heavy atom. The molecule has 2 saturated carbocycles. The van der Waals surface area contributed by atoms with E-state index in [9.17, 15) is 4.79 Å². The summed E-state index contributed by atoms with van der Waals surface area (Å²) in [6.45, 7) is 9.39. The van der Waals surface area contributed by atoms with Crippen LogP contribution in [-0.4, -0.2) is 74.0 Å². The lowest BCUT2D eigenvalue weighted by Crippen LogP contribution is -2.52. The number of aliphatic imine (C=N–C) groups is 1. The van der Waals surface area contributed by atoms with Crippen molar-refractivity contribution >= 4 is 35.8 Å². The van der Waals surface area contributed by atoms with Crippen molar-refractivity contribution in [1.29, 1.82) is 0 Å². The number of guanidine groups is 1. The van der Waals surface area contributed by atoms with Crippen LogP contribution in [0.4, 0.5) is 0 Å². The first-order chi connectivity index (χ1) is 14.7. The number of halogens is 1. The fourth-order valence-corrected chi connectivity index (χ4v) is 4.49. The van der Waals surface area contributed by atoms with E-state index in [1.165, 1.54) is 24.8 Å². The van der Waals surface area contributed by atoms with Gasteiger partial charge in [0.25, 0.3) is 0 Å². The SMILES string of the molecule is CCNC(=NCC1(c2ccccc2)CC1)NCCN1CCN(C(=O)C2CCC2)CC1.I. The molecule has 0 radical (unpaired) electrons. The van der Waals surface area contributed by atoms with Gasteiger partial charge in [0.2, 0.25) is 5.91 Å². The first-order valence-electron chi connectivity index (χ1n) is 11.8. The molecule has 0 bridgehead atoms. The highest BCUT2D eigenvalue weighted by molar-refractivity contribution is 14.0. The van der Waals surface area contributed by atoms with Crippen molar-refractivity contribution in [3.05, 3.63) is 35.9 Å². The monoisotopic (exact) mass is 539 g/mol. The van der Waals surface area contributed by atoms with Crippen molar-refractivity contribution in [1.82, 2.24) is 20.4 Å². The molecule has 0 spiro atoms. The summed E-state index contributed by atoms with van der Waals surface area (Å²) in [6, 6.07) is 10.8. The van der Waals surface area contributed by atoms with E-state index in [0.29, 0.717) is 11.8 Å². The van der Waals surface area contributed by atoms with Gasteiger partial charge in [-0.3, -0.25) is 14.7 Å². The molecule has 1 aliphatic heterocycles. The van der Waals surface area contributed by atoms with E-state index in [0.717, 1.165) is 71.2 Å². The van der Waals surface area contributed by atoms with Gasteiger partial charge in [-0.15, -0.1) is 24.0 Å². The number of carbonyl (C=O) groups excluding carboxylic acids is 1. The molecular weight excluding hydrogens is 501 g/mol. The van der Waals surface area contributed by atoms with E-state index in [-0.39, 0.29) is 29.4 Å². The Hall–Kier alpha value is -1.35. The summed E-state index contributed by atoms with van der Waals surface area (Å²) in [5.74, 6) is 1.63. The van der Waals surface area contributed by atoms with Crippen LogP contribution in [0.1, 0.15) is 44.6 Å². The van der Waals surface area contributed by atoms with Crippen LogP contribution < -0.4 is 10.6 Å². The van der Waals surface area contributed by atoms with Gasteiger partial charge in [-0.2, -0.15) is 0 Å². The summed E-state index contributed by atoms with van der Waals surface area (Å²) in [5.41, 5.74) is 1.66. The third-order valence-electron chi connectivity index (χ3n) is 6.98. The van der Waals surface area contributed by atoms with Gasteiger partial charge in [0.15, 0.2) is 5.96 Å². The summed E-state index contributed by atoms with van der Waals surface area (Å²) in [6.07, 6.45) is 5.87. The Kier molecular flexibility index (Phi) is 9.01. The molecular formula is C24H38IN5O. The normalized spacial score (nSPS) is 21.1. The summed E-state index contributed by atoms with van der Waals surface area (Å²) >= 11 is 0. The molecule has 172 valence electrons. The Morgan fingerprint density at radius 1 is 1.10 bits per heavy atom. The number of rotatable bonds is 8. The van der Waals surface area contributed by atoms with Crippen molar-refractivity contribution in [2.45, 2.75) is 44.4 Å². The average Bonchev–Trinajstić information content (AvgIpc) is 3.53. The maximum Gasteiger partial charge on any atom is 0.225 e. The Balaban J connectivity index is 0.00000272. The topological polar surface area (TPSA) is 60.0 Å². The van der Waals surface area contributed by atoms with Crippen LogP contribution in [0.5, 0.6) is 0 Å². The molecule has 0 atom stereocenters. The van der Waals surface area contributed by atoms with E-state index < -0.39 is 0 Å². The Morgan fingerprint density at radius 2 is 1.81 bits per heavy atom. The van der Waals surface area contributed by atoms with Crippen LogP contribution in [0.2, 0.25) is 0 Å². The largest absolute Gasteiger partial charge is 0.357 e. The van der Waals surface area contributed by atoms with Crippen LogP contribution in [0.3, 0.4) is 0 Å². The Bertz CT molecular complexity index is 725. The summed E-state index contributed by atoms with van der Waals surface area (Å²) in [7, 11) is 0. The molecule has 1 heterocycles. The summed E-state index contributed by atoms with van der Waals surface area (Å²) in [5, 5.41) is 6.89. The number of amides is 1. The minimum absolute atomic E-state index is 0. The van der Waals surface area contributed by atoms with E-state index in [4.69, 9.17) is 4.99 Å². The first kappa shape index (κ1) is 24.3. The number of carbonyl (C=O) groups is 1. The fraction of sp³-hybridized carbons (Fsp3) is 0.667. The lowest BCUT2D eigenvalue weighted by atomic mass is 9.84. The van der Waals surface area contributed by atoms with Gasteiger partial charge >= 0.3 is 0 Å². The number of piperazine rings is 1. The van der Waals surface area contributed by atoms with Crippen LogP contribution in [0, 0.1) is 5.92 Å². The predicted molar refractivity (Wildman–Crippen MR) is 137 cm³/mol. The molecule has 7 heteroatoms. The summed E-state index contributed by atoms with van der Waals surface area (Å²) < 4.78 is 0. The standard InChI is InChI=1S/C24H37N5O.HI/c1-2-25-23(27-19-24(11-12-24)21-9-4-3-5-10-21)26-13-14-28-15-17-29(18-16-28)22(30)20-7-6-8-20;/h3-5,9-10,20H,2,6-8,11-19H2,1H3,(H2,25,26,27);1H. The third-order valence-corrected chi connectivity index (χ3v) is 6.98. The minimum Gasteiger partial charge on any atom is -0.357 e. The van der Waals surface area contributed by atoms with E-state index in [1.807, 2.05) is 0 Å². The zero-order chi connectivity index (χ0) is 20.8. The molecule has 1 amide bonds. The number of nitrogens with zero attached hydrogens (tertiary/aromatic N) is 3. The second-order valence-electron chi connectivity index (χ2n) is 9.06. The quantitative estimate of drug-likeness (QED) is 0.303. The van der Waals surface area contributed by atoms with Gasteiger partial charge < -0.3 is 15.5 Å². The Labute approximate surface area is 204 Å². The number of hydrogen-bond donors (Lipinski definition) is 2.